The number of hydrogen-bond donors (Lipinski definition) is 1. The monoisotopic (exact) mass is 428 g/mol. The van der Waals surface area contributed by atoms with E-state index in [1.807, 2.05) is 6.07 Å². The molecule has 4 nitrogen and oxygen atoms in total. The second-order valence-electron chi connectivity index (χ2n) is 4.64. The molecular weight excluding hydrogens is 417 g/mol. The summed E-state index contributed by atoms with van der Waals surface area (Å²) in [5, 5.41) is 11.1. The fraction of sp³-hybridized carbons (Fsp3) is 0.125. The summed E-state index contributed by atoms with van der Waals surface area (Å²) in [6.45, 7) is 1.51. The molecule has 1 N–H and O–H groups in total. The van der Waals surface area contributed by atoms with Gasteiger partial charge >= 0.3 is 0 Å². The number of carbonyl (C=O) groups is 1. The standard InChI is InChI=1S/C16H11F2IN2O2/c1-9(23-12-4-2-10(8-20)3-5-12)16(22)21-11-6-13(17)15(19)14(18)7-11/h2-7,9H,1H3,(H,21,22). The molecule has 2 rings (SSSR count). The molecule has 0 fully saturated rings. The zero-order valence-corrected chi connectivity index (χ0v) is 14.1. The minimum absolute atomic E-state index is 0.0145. The van der Waals surface area contributed by atoms with Crippen molar-refractivity contribution in [2.75, 3.05) is 5.32 Å². The van der Waals surface area contributed by atoms with E-state index in [1.54, 1.807) is 46.9 Å². The SMILES string of the molecule is CC(Oc1ccc(C#N)cc1)C(=O)Nc1cc(F)c(I)c(F)c1. The highest BCUT2D eigenvalue weighted by Crippen LogP contribution is 2.21. The van der Waals surface area contributed by atoms with Gasteiger partial charge in [-0.05, 0) is 65.9 Å². The van der Waals surface area contributed by atoms with Gasteiger partial charge in [0.15, 0.2) is 6.10 Å². The van der Waals surface area contributed by atoms with Gasteiger partial charge < -0.3 is 10.1 Å². The number of rotatable bonds is 4. The van der Waals surface area contributed by atoms with Gasteiger partial charge in [-0.25, -0.2) is 8.78 Å². The Labute approximate surface area is 145 Å². The van der Waals surface area contributed by atoms with Gasteiger partial charge in [0.25, 0.3) is 5.91 Å². The molecule has 0 radical (unpaired) electrons. The molecule has 1 atom stereocenters. The maximum absolute atomic E-state index is 13.5. The Balaban J connectivity index is 2.03. The third-order valence-corrected chi connectivity index (χ3v) is 3.95. The maximum Gasteiger partial charge on any atom is 0.265 e. The number of ether oxygens (including phenoxy) is 1. The van der Waals surface area contributed by atoms with Gasteiger partial charge in [0.2, 0.25) is 0 Å². The molecule has 0 heterocycles. The summed E-state index contributed by atoms with van der Waals surface area (Å²) < 4.78 is 32.2. The minimum atomic E-state index is -0.881. The Morgan fingerprint density at radius 3 is 2.35 bits per heavy atom. The van der Waals surface area contributed by atoms with Crippen LogP contribution in [-0.4, -0.2) is 12.0 Å². The fourth-order valence-corrected chi connectivity index (χ4v) is 2.05. The predicted molar refractivity (Wildman–Crippen MR) is 89.0 cm³/mol. The molecule has 7 heteroatoms. The zero-order chi connectivity index (χ0) is 17.0. The molecule has 0 aliphatic rings. The molecule has 0 aliphatic carbocycles. The van der Waals surface area contributed by atoms with Gasteiger partial charge in [-0.2, -0.15) is 5.26 Å². The smallest absolute Gasteiger partial charge is 0.265 e. The molecule has 1 unspecified atom stereocenters. The number of nitrogens with one attached hydrogen (secondary N) is 1. The molecule has 0 aliphatic heterocycles. The average molecular weight is 428 g/mol. The van der Waals surface area contributed by atoms with E-state index in [1.165, 1.54) is 6.92 Å². The fourth-order valence-electron chi connectivity index (χ4n) is 1.74. The van der Waals surface area contributed by atoms with E-state index in [4.69, 9.17) is 10.00 Å². The molecule has 1 amide bonds. The summed E-state index contributed by atoms with van der Waals surface area (Å²) in [6, 6.07) is 10.3. The maximum atomic E-state index is 13.5. The molecule has 0 saturated carbocycles. The normalized spacial score (nSPS) is 11.4. The first-order chi connectivity index (χ1) is 10.9. The van der Waals surface area contributed by atoms with E-state index in [0.717, 1.165) is 12.1 Å². The van der Waals surface area contributed by atoms with Crippen molar-refractivity contribution in [1.82, 2.24) is 0 Å². The molecule has 23 heavy (non-hydrogen) atoms. The second kappa shape index (κ2) is 7.37. The van der Waals surface area contributed by atoms with Crippen LogP contribution in [0.15, 0.2) is 36.4 Å². The average Bonchev–Trinajstić information content (AvgIpc) is 2.53. The molecule has 118 valence electrons. The topological polar surface area (TPSA) is 62.1 Å². The number of benzene rings is 2. The minimum Gasteiger partial charge on any atom is -0.481 e. The van der Waals surface area contributed by atoms with Crippen molar-refractivity contribution in [2.24, 2.45) is 0 Å². The van der Waals surface area contributed by atoms with E-state index in [0.29, 0.717) is 11.3 Å². The summed E-state index contributed by atoms with van der Waals surface area (Å²) in [4.78, 5) is 12.0. The van der Waals surface area contributed by atoms with Crippen LogP contribution >= 0.6 is 22.6 Å². The second-order valence-corrected chi connectivity index (χ2v) is 5.72. The van der Waals surface area contributed by atoms with Crippen molar-refractivity contribution < 1.29 is 18.3 Å². The van der Waals surface area contributed by atoms with Gasteiger partial charge in [0.1, 0.15) is 17.4 Å². The van der Waals surface area contributed by atoms with Crippen LogP contribution < -0.4 is 10.1 Å². The number of halogens is 3. The number of amides is 1. The molecule has 0 aromatic heterocycles. The van der Waals surface area contributed by atoms with Crippen LogP contribution in [-0.2, 0) is 4.79 Å². The predicted octanol–water partition coefficient (Wildman–Crippen LogP) is 3.85. The van der Waals surface area contributed by atoms with Crippen LogP contribution in [0, 0.1) is 26.5 Å². The lowest BCUT2D eigenvalue weighted by molar-refractivity contribution is -0.122. The van der Waals surface area contributed by atoms with Gasteiger partial charge in [-0.15, -0.1) is 0 Å². The van der Waals surface area contributed by atoms with Crippen molar-refractivity contribution in [1.29, 1.82) is 5.26 Å². The van der Waals surface area contributed by atoms with E-state index in [2.05, 4.69) is 5.32 Å². The van der Waals surface area contributed by atoms with Crippen molar-refractivity contribution in [3.8, 4) is 11.8 Å². The third-order valence-electron chi connectivity index (χ3n) is 2.92. The molecule has 0 spiro atoms. The van der Waals surface area contributed by atoms with Crippen LogP contribution in [0.2, 0.25) is 0 Å². The summed E-state index contributed by atoms with van der Waals surface area (Å²) in [5.41, 5.74) is 0.486. The van der Waals surface area contributed by atoms with Crippen molar-refractivity contribution in [3.63, 3.8) is 0 Å². The Morgan fingerprint density at radius 2 is 1.83 bits per heavy atom. The Kier molecular flexibility index (Phi) is 5.50. The lowest BCUT2D eigenvalue weighted by Crippen LogP contribution is -2.30. The largest absolute Gasteiger partial charge is 0.481 e. The number of hydrogen-bond acceptors (Lipinski definition) is 3. The highest BCUT2D eigenvalue weighted by Gasteiger charge is 2.17. The van der Waals surface area contributed by atoms with E-state index in [-0.39, 0.29) is 9.26 Å². The lowest BCUT2D eigenvalue weighted by Gasteiger charge is -2.15. The van der Waals surface area contributed by atoms with Crippen LogP contribution in [0.4, 0.5) is 14.5 Å². The summed E-state index contributed by atoms with van der Waals surface area (Å²) >= 11 is 1.54. The van der Waals surface area contributed by atoms with Crippen molar-refractivity contribution in [2.45, 2.75) is 13.0 Å². The lowest BCUT2D eigenvalue weighted by atomic mass is 10.2. The van der Waals surface area contributed by atoms with Gasteiger partial charge in [0, 0.05) is 5.69 Å². The van der Waals surface area contributed by atoms with Crippen LogP contribution in [0.1, 0.15) is 12.5 Å². The third kappa shape index (κ3) is 4.39. The first-order valence-electron chi connectivity index (χ1n) is 6.53. The first kappa shape index (κ1) is 17.1. The Bertz CT molecular complexity index is 750. The number of carbonyl (C=O) groups excluding carboxylic acids is 1. The highest BCUT2D eigenvalue weighted by molar-refractivity contribution is 14.1. The van der Waals surface area contributed by atoms with E-state index >= 15 is 0 Å². The Morgan fingerprint density at radius 1 is 1.26 bits per heavy atom. The van der Waals surface area contributed by atoms with E-state index < -0.39 is 23.6 Å². The molecule has 2 aromatic carbocycles. The van der Waals surface area contributed by atoms with E-state index in [9.17, 15) is 13.6 Å². The number of nitriles is 1. The number of anilines is 1. The van der Waals surface area contributed by atoms with Crippen LogP contribution in [0.25, 0.3) is 0 Å². The number of nitrogens with zero attached hydrogens (tertiary/aromatic N) is 1. The molecule has 2 aromatic rings. The van der Waals surface area contributed by atoms with Gasteiger partial charge in [-0.3, -0.25) is 4.79 Å². The zero-order valence-electron chi connectivity index (χ0n) is 11.9. The van der Waals surface area contributed by atoms with Crippen molar-refractivity contribution in [3.05, 3.63) is 57.2 Å². The Hall–Kier alpha value is -2.21. The summed E-state index contributed by atoms with van der Waals surface area (Å²) in [7, 11) is 0. The molecular formula is C16H11F2IN2O2. The summed E-state index contributed by atoms with van der Waals surface area (Å²) in [6.07, 6.45) is -0.881. The molecule has 0 saturated heterocycles. The van der Waals surface area contributed by atoms with Gasteiger partial charge in [0.05, 0.1) is 15.2 Å². The first-order valence-corrected chi connectivity index (χ1v) is 7.61. The quantitative estimate of drug-likeness (QED) is 0.595. The van der Waals surface area contributed by atoms with Crippen LogP contribution in [0.3, 0.4) is 0 Å². The van der Waals surface area contributed by atoms with Crippen LogP contribution in [0.5, 0.6) is 5.75 Å². The molecule has 0 bridgehead atoms. The van der Waals surface area contributed by atoms with Crippen molar-refractivity contribution >= 4 is 34.2 Å². The van der Waals surface area contributed by atoms with Gasteiger partial charge in [-0.1, -0.05) is 0 Å². The summed E-state index contributed by atoms with van der Waals surface area (Å²) in [5.74, 6) is -1.64. The highest BCUT2D eigenvalue weighted by atomic mass is 127.